The molecule has 200 valence electrons. The summed E-state index contributed by atoms with van der Waals surface area (Å²) in [6.07, 6.45) is 0. The normalized spacial score (nSPS) is 10.4. The molecule has 0 aliphatic heterocycles. The molecule has 1 heterocycles. The molecule has 0 fully saturated rings. The smallest absolute Gasteiger partial charge is 0.357 e. The predicted octanol–water partition coefficient (Wildman–Crippen LogP) is 4.36. The first-order chi connectivity index (χ1) is 19.0. The van der Waals surface area contributed by atoms with E-state index in [9.17, 15) is 14.4 Å². The lowest BCUT2D eigenvalue weighted by atomic mass is 10.1. The molecule has 4 aromatic rings. The fraction of sp³-hybridized carbons (Fsp3) is 0.172. The highest BCUT2D eigenvalue weighted by molar-refractivity contribution is 6.06. The van der Waals surface area contributed by atoms with Crippen LogP contribution in [-0.2, 0) is 14.2 Å². The number of aromatic nitrogens is 2. The van der Waals surface area contributed by atoms with E-state index in [1.165, 1.54) is 26.0 Å². The number of benzene rings is 3. The lowest BCUT2D eigenvalue weighted by Gasteiger charge is -2.09. The summed E-state index contributed by atoms with van der Waals surface area (Å²) in [6, 6.07) is 22.4. The number of methoxy groups -OCH3 is 3. The summed E-state index contributed by atoms with van der Waals surface area (Å²) < 4.78 is 27.4. The second-order valence-corrected chi connectivity index (χ2v) is 8.04. The van der Waals surface area contributed by atoms with E-state index in [-0.39, 0.29) is 30.2 Å². The van der Waals surface area contributed by atoms with Gasteiger partial charge in [0, 0.05) is 5.56 Å². The van der Waals surface area contributed by atoms with Gasteiger partial charge >= 0.3 is 17.9 Å². The minimum Gasteiger partial charge on any atom is -0.490 e. The molecular weight excluding hydrogens is 504 g/mol. The maximum Gasteiger partial charge on any atom is 0.357 e. The Morgan fingerprint density at radius 2 is 1.21 bits per heavy atom. The van der Waals surface area contributed by atoms with E-state index in [0.29, 0.717) is 28.3 Å². The van der Waals surface area contributed by atoms with Crippen molar-refractivity contribution in [1.29, 1.82) is 0 Å². The number of nitrogens with zero attached hydrogens (tertiary/aromatic N) is 2. The van der Waals surface area contributed by atoms with Crippen molar-refractivity contribution in [3.63, 3.8) is 0 Å². The largest absolute Gasteiger partial charge is 0.490 e. The molecular formula is C29H26N2O8. The average Bonchev–Trinajstić information content (AvgIpc) is 3.40. The van der Waals surface area contributed by atoms with Gasteiger partial charge in [-0.3, -0.25) is 0 Å². The van der Waals surface area contributed by atoms with Crippen LogP contribution in [0.3, 0.4) is 0 Å². The molecule has 0 N–H and O–H groups in total. The zero-order valence-electron chi connectivity index (χ0n) is 21.6. The Labute approximate surface area is 224 Å². The second kappa shape index (κ2) is 12.4. The zero-order chi connectivity index (χ0) is 27.8. The van der Waals surface area contributed by atoms with E-state index in [2.05, 4.69) is 9.84 Å². The maximum absolute atomic E-state index is 12.8. The van der Waals surface area contributed by atoms with Crippen LogP contribution >= 0.6 is 0 Å². The van der Waals surface area contributed by atoms with Crippen LogP contribution in [0.1, 0.15) is 31.2 Å². The standard InChI is InChI=1S/C29H26N2O8/c1-35-27(32)20-11-15-23(16-12-20)39-18-17-38-22-13-9-19(10-14-22)25-24(28(33)36-2)26(29(34)37-3)31(30-25)21-7-5-4-6-8-21/h4-16H,17-18H2,1-3H3. The molecule has 0 unspecified atom stereocenters. The number of hydrogen-bond acceptors (Lipinski definition) is 9. The van der Waals surface area contributed by atoms with E-state index < -0.39 is 17.9 Å². The Kier molecular flexibility index (Phi) is 8.57. The highest BCUT2D eigenvalue weighted by Gasteiger charge is 2.31. The minimum absolute atomic E-state index is 0.00603. The van der Waals surface area contributed by atoms with Gasteiger partial charge in [0.2, 0.25) is 0 Å². The first-order valence-corrected chi connectivity index (χ1v) is 11.9. The van der Waals surface area contributed by atoms with Gasteiger partial charge in [-0.15, -0.1) is 0 Å². The molecule has 0 atom stereocenters. The van der Waals surface area contributed by atoms with Crippen molar-refractivity contribution in [2.24, 2.45) is 0 Å². The number of rotatable bonds is 10. The van der Waals surface area contributed by atoms with Crippen molar-refractivity contribution in [2.45, 2.75) is 0 Å². The summed E-state index contributed by atoms with van der Waals surface area (Å²) in [5.41, 5.74) is 1.80. The fourth-order valence-electron chi connectivity index (χ4n) is 3.79. The highest BCUT2D eigenvalue weighted by Crippen LogP contribution is 2.30. The van der Waals surface area contributed by atoms with Gasteiger partial charge in [-0.1, -0.05) is 18.2 Å². The molecule has 0 aliphatic carbocycles. The molecule has 0 saturated heterocycles. The van der Waals surface area contributed by atoms with Crippen molar-refractivity contribution in [2.75, 3.05) is 34.5 Å². The van der Waals surface area contributed by atoms with E-state index >= 15 is 0 Å². The Bertz CT molecular complexity index is 1450. The molecule has 4 rings (SSSR count). The van der Waals surface area contributed by atoms with Crippen LogP contribution in [0.25, 0.3) is 16.9 Å². The second-order valence-electron chi connectivity index (χ2n) is 8.04. The van der Waals surface area contributed by atoms with E-state index in [4.69, 9.17) is 18.9 Å². The van der Waals surface area contributed by atoms with Gasteiger partial charge in [0.1, 0.15) is 36.0 Å². The molecule has 0 aliphatic rings. The zero-order valence-corrected chi connectivity index (χ0v) is 21.6. The monoisotopic (exact) mass is 530 g/mol. The number of ether oxygens (including phenoxy) is 5. The van der Waals surface area contributed by atoms with Crippen molar-refractivity contribution < 1.29 is 38.1 Å². The third kappa shape index (κ3) is 6.07. The molecule has 0 bridgehead atoms. The van der Waals surface area contributed by atoms with Crippen LogP contribution in [0, 0.1) is 0 Å². The van der Waals surface area contributed by atoms with E-state index in [1.807, 2.05) is 6.07 Å². The summed E-state index contributed by atoms with van der Waals surface area (Å²) in [6.45, 7) is 0.538. The topological polar surface area (TPSA) is 115 Å². The van der Waals surface area contributed by atoms with Crippen LogP contribution < -0.4 is 9.47 Å². The van der Waals surface area contributed by atoms with Crippen LogP contribution in [0.15, 0.2) is 78.9 Å². The quantitative estimate of drug-likeness (QED) is 0.168. The third-order valence-corrected chi connectivity index (χ3v) is 5.68. The Hall–Kier alpha value is -5.12. The Morgan fingerprint density at radius 3 is 1.74 bits per heavy atom. The van der Waals surface area contributed by atoms with Crippen LogP contribution in [-0.4, -0.2) is 62.2 Å². The highest BCUT2D eigenvalue weighted by atomic mass is 16.5. The Morgan fingerprint density at radius 1 is 0.667 bits per heavy atom. The number of carbonyl (C=O) groups excluding carboxylic acids is 3. The van der Waals surface area contributed by atoms with Gasteiger partial charge < -0.3 is 23.7 Å². The molecule has 0 amide bonds. The van der Waals surface area contributed by atoms with Crippen LogP contribution in [0.4, 0.5) is 0 Å². The average molecular weight is 531 g/mol. The minimum atomic E-state index is -0.724. The summed E-state index contributed by atoms with van der Waals surface area (Å²) in [5, 5.41) is 4.58. The van der Waals surface area contributed by atoms with Gasteiger partial charge in [-0.05, 0) is 60.7 Å². The summed E-state index contributed by atoms with van der Waals surface area (Å²) in [7, 11) is 3.80. The van der Waals surface area contributed by atoms with Crippen LogP contribution in [0.2, 0.25) is 0 Å². The summed E-state index contributed by atoms with van der Waals surface area (Å²) in [5.74, 6) is -0.700. The first-order valence-electron chi connectivity index (χ1n) is 11.9. The molecule has 0 spiro atoms. The molecule has 10 heteroatoms. The summed E-state index contributed by atoms with van der Waals surface area (Å²) >= 11 is 0. The SMILES string of the molecule is COC(=O)c1ccc(OCCOc2ccc(-c3nn(-c4ccccc4)c(C(=O)OC)c3C(=O)OC)cc2)cc1. The first kappa shape index (κ1) is 26.9. The van der Waals surface area contributed by atoms with Gasteiger partial charge in [0.15, 0.2) is 5.69 Å². The van der Waals surface area contributed by atoms with Crippen LogP contribution in [0.5, 0.6) is 11.5 Å². The molecule has 39 heavy (non-hydrogen) atoms. The van der Waals surface area contributed by atoms with Gasteiger partial charge in [-0.2, -0.15) is 5.10 Å². The van der Waals surface area contributed by atoms with Crippen molar-refractivity contribution >= 4 is 17.9 Å². The lowest BCUT2D eigenvalue weighted by molar-refractivity contribution is 0.0549. The molecule has 0 saturated carbocycles. The number of esters is 3. The number of para-hydroxylation sites is 1. The van der Waals surface area contributed by atoms with Gasteiger partial charge in [-0.25, -0.2) is 19.1 Å². The fourth-order valence-corrected chi connectivity index (χ4v) is 3.79. The maximum atomic E-state index is 12.8. The van der Waals surface area contributed by atoms with E-state index in [0.717, 1.165) is 0 Å². The molecule has 0 radical (unpaired) electrons. The number of carbonyl (C=O) groups is 3. The Balaban J connectivity index is 1.50. The summed E-state index contributed by atoms with van der Waals surface area (Å²) in [4.78, 5) is 37.0. The molecule has 10 nitrogen and oxygen atoms in total. The van der Waals surface area contributed by atoms with Crippen molar-refractivity contribution in [3.8, 4) is 28.4 Å². The van der Waals surface area contributed by atoms with Crippen molar-refractivity contribution in [1.82, 2.24) is 9.78 Å². The van der Waals surface area contributed by atoms with Crippen molar-refractivity contribution in [3.05, 3.63) is 95.7 Å². The molecule has 1 aromatic heterocycles. The number of hydrogen-bond donors (Lipinski definition) is 0. The predicted molar refractivity (Wildman–Crippen MR) is 140 cm³/mol. The lowest BCUT2D eigenvalue weighted by Crippen LogP contribution is -2.15. The van der Waals surface area contributed by atoms with Gasteiger partial charge in [0.05, 0.1) is 32.6 Å². The molecule has 3 aromatic carbocycles. The van der Waals surface area contributed by atoms with E-state index in [1.54, 1.807) is 72.8 Å². The van der Waals surface area contributed by atoms with Gasteiger partial charge in [0.25, 0.3) is 0 Å². The third-order valence-electron chi connectivity index (χ3n) is 5.68.